The number of amides is 1. The number of hydrogen-bond acceptors (Lipinski definition) is 4. The molecule has 1 amide bonds. The highest BCUT2D eigenvalue weighted by molar-refractivity contribution is 7.09. The topological polar surface area (TPSA) is 59.2 Å². The molecule has 4 nitrogen and oxygen atoms in total. The lowest BCUT2D eigenvalue weighted by atomic mass is 9.98. The molecule has 1 aliphatic rings. The van der Waals surface area contributed by atoms with Gasteiger partial charge < -0.3 is 10.6 Å². The summed E-state index contributed by atoms with van der Waals surface area (Å²) in [6.45, 7) is 3.78. The molecule has 0 aliphatic carbocycles. The summed E-state index contributed by atoms with van der Waals surface area (Å²) >= 11 is 1.74. The maximum absolute atomic E-state index is 12.6. The van der Waals surface area contributed by atoms with Crippen molar-refractivity contribution in [2.24, 2.45) is 0 Å². The molecule has 1 atom stereocenters. The van der Waals surface area contributed by atoms with Crippen LogP contribution in [0.25, 0.3) is 0 Å². The van der Waals surface area contributed by atoms with Gasteiger partial charge in [-0.3, -0.25) is 4.79 Å². The molecule has 1 aliphatic heterocycles. The van der Waals surface area contributed by atoms with Crippen molar-refractivity contribution >= 4 is 22.9 Å². The summed E-state index contributed by atoms with van der Waals surface area (Å²) in [5, 5.41) is 3.33. The standard InChI is InChI=1S/C18H23N3OS/c1-2-16-12-23-18(20-16)14-4-3-9-21(11-14)17(22)10-13-5-7-15(19)8-6-13/h5-8,12,14H,2-4,9-11,19H2,1H3. The average molecular weight is 329 g/mol. The van der Waals surface area contributed by atoms with Gasteiger partial charge >= 0.3 is 0 Å². The van der Waals surface area contributed by atoms with E-state index >= 15 is 0 Å². The number of hydrogen-bond donors (Lipinski definition) is 1. The van der Waals surface area contributed by atoms with Crippen LogP contribution in [0.2, 0.25) is 0 Å². The van der Waals surface area contributed by atoms with Crippen molar-refractivity contribution in [1.29, 1.82) is 0 Å². The number of thiazole rings is 1. The third-order valence-electron chi connectivity index (χ3n) is 4.39. The van der Waals surface area contributed by atoms with Crippen molar-refractivity contribution in [2.75, 3.05) is 18.8 Å². The Balaban J connectivity index is 1.63. The Labute approximate surface area is 141 Å². The number of carbonyl (C=O) groups is 1. The van der Waals surface area contributed by atoms with Crippen LogP contribution >= 0.6 is 11.3 Å². The van der Waals surface area contributed by atoms with Crippen molar-refractivity contribution < 1.29 is 4.79 Å². The van der Waals surface area contributed by atoms with Crippen LogP contribution in [0.4, 0.5) is 5.69 Å². The minimum atomic E-state index is 0.201. The number of rotatable bonds is 4. The first kappa shape index (κ1) is 16.0. The van der Waals surface area contributed by atoms with E-state index in [9.17, 15) is 4.79 Å². The third kappa shape index (κ3) is 3.91. The van der Waals surface area contributed by atoms with Crippen molar-refractivity contribution in [2.45, 2.75) is 38.5 Å². The van der Waals surface area contributed by atoms with E-state index in [1.807, 2.05) is 29.2 Å². The van der Waals surface area contributed by atoms with E-state index in [4.69, 9.17) is 10.7 Å². The molecule has 3 rings (SSSR count). The summed E-state index contributed by atoms with van der Waals surface area (Å²) < 4.78 is 0. The van der Waals surface area contributed by atoms with Gasteiger partial charge in [-0.05, 0) is 37.0 Å². The molecule has 23 heavy (non-hydrogen) atoms. The van der Waals surface area contributed by atoms with E-state index in [2.05, 4.69) is 12.3 Å². The van der Waals surface area contributed by atoms with Crippen molar-refractivity contribution in [3.05, 3.63) is 45.9 Å². The summed E-state index contributed by atoms with van der Waals surface area (Å²) in [5.41, 5.74) is 8.61. The van der Waals surface area contributed by atoms with Gasteiger partial charge in [0.1, 0.15) is 0 Å². The van der Waals surface area contributed by atoms with Gasteiger partial charge in [0.05, 0.1) is 17.1 Å². The molecular formula is C18H23N3OS. The monoisotopic (exact) mass is 329 g/mol. The van der Waals surface area contributed by atoms with Crippen LogP contribution in [-0.2, 0) is 17.6 Å². The summed E-state index contributed by atoms with van der Waals surface area (Å²) in [5.74, 6) is 0.594. The highest BCUT2D eigenvalue weighted by Gasteiger charge is 2.26. The molecule has 122 valence electrons. The molecule has 1 aromatic carbocycles. The van der Waals surface area contributed by atoms with Gasteiger partial charge in [0.2, 0.25) is 5.91 Å². The normalized spacial score (nSPS) is 18.1. The lowest BCUT2D eigenvalue weighted by Crippen LogP contribution is -2.39. The van der Waals surface area contributed by atoms with E-state index in [-0.39, 0.29) is 5.91 Å². The lowest BCUT2D eigenvalue weighted by Gasteiger charge is -2.32. The molecule has 0 spiro atoms. The largest absolute Gasteiger partial charge is 0.399 e. The number of aromatic nitrogens is 1. The molecule has 1 saturated heterocycles. The van der Waals surface area contributed by atoms with Crippen LogP contribution < -0.4 is 5.73 Å². The van der Waals surface area contributed by atoms with Crippen molar-refractivity contribution in [3.63, 3.8) is 0 Å². The summed E-state index contributed by atoms with van der Waals surface area (Å²) in [6, 6.07) is 7.57. The molecular weight excluding hydrogens is 306 g/mol. The fourth-order valence-corrected chi connectivity index (χ4v) is 4.03. The average Bonchev–Trinajstić information content (AvgIpc) is 3.06. The number of anilines is 1. The smallest absolute Gasteiger partial charge is 0.227 e. The van der Waals surface area contributed by atoms with Gasteiger partial charge in [-0.2, -0.15) is 0 Å². The van der Waals surface area contributed by atoms with E-state index in [0.29, 0.717) is 12.3 Å². The zero-order chi connectivity index (χ0) is 16.2. The van der Waals surface area contributed by atoms with Gasteiger partial charge in [0, 0.05) is 30.1 Å². The third-order valence-corrected chi connectivity index (χ3v) is 5.45. The fourth-order valence-electron chi connectivity index (χ4n) is 3.00. The first-order chi connectivity index (χ1) is 11.2. The van der Waals surface area contributed by atoms with Gasteiger partial charge in [-0.15, -0.1) is 11.3 Å². The number of aryl methyl sites for hydroxylation is 1. The van der Waals surface area contributed by atoms with E-state index in [1.54, 1.807) is 11.3 Å². The predicted octanol–water partition coefficient (Wildman–Crippen LogP) is 3.24. The van der Waals surface area contributed by atoms with Gasteiger partial charge in [0.25, 0.3) is 0 Å². The number of benzene rings is 1. The Kier molecular flexibility index (Phi) is 4.96. The Morgan fingerprint density at radius 2 is 2.17 bits per heavy atom. The van der Waals surface area contributed by atoms with Crippen LogP contribution in [-0.4, -0.2) is 28.9 Å². The molecule has 0 saturated carbocycles. The highest BCUT2D eigenvalue weighted by Crippen LogP contribution is 2.29. The lowest BCUT2D eigenvalue weighted by molar-refractivity contribution is -0.131. The fraction of sp³-hybridized carbons (Fsp3) is 0.444. The van der Waals surface area contributed by atoms with E-state index < -0.39 is 0 Å². The first-order valence-corrected chi connectivity index (χ1v) is 9.10. The Bertz CT molecular complexity index is 665. The maximum Gasteiger partial charge on any atom is 0.227 e. The second-order valence-corrected chi connectivity index (χ2v) is 7.02. The van der Waals surface area contributed by atoms with Crippen LogP contribution in [0.15, 0.2) is 29.6 Å². The molecule has 5 heteroatoms. The second-order valence-electron chi connectivity index (χ2n) is 6.13. The first-order valence-electron chi connectivity index (χ1n) is 8.22. The van der Waals surface area contributed by atoms with Crippen LogP contribution in [0.5, 0.6) is 0 Å². The Morgan fingerprint density at radius 3 is 2.87 bits per heavy atom. The number of nitrogens with two attached hydrogens (primary N) is 1. The summed E-state index contributed by atoms with van der Waals surface area (Å²) in [7, 11) is 0. The SMILES string of the molecule is CCc1csc(C2CCCN(C(=O)Cc3ccc(N)cc3)C2)n1. The van der Waals surface area contributed by atoms with Crippen molar-refractivity contribution in [1.82, 2.24) is 9.88 Å². The summed E-state index contributed by atoms with van der Waals surface area (Å²) in [4.78, 5) is 19.3. The van der Waals surface area contributed by atoms with E-state index in [0.717, 1.165) is 49.3 Å². The highest BCUT2D eigenvalue weighted by atomic mass is 32.1. The van der Waals surface area contributed by atoms with Crippen LogP contribution in [0.1, 0.15) is 41.9 Å². The summed E-state index contributed by atoms with van der Waals surface area (Å²) in [6.07, 6.45) is 3.61. The van der Waals surface area contributed by atoms with Gasteiger partial charge in [-0.1, -0.05) is 19.1 Å². The molecule has 0 bridgehead atoms. The molecule has 2 N–H and O–H groups in total. The number of piperidine rings is 1. The minimum absolute atomic E-state index is 0.201. The predicted molar refractivity (Wildman–Crippen MR) is 94.6 cm³/mol. The van der Waals surface area contributed by atoms with E-state index in [1.165, 1.54) is 5.01 Å². The van der Waals surface area contributed by atoms with Gasteiger partial charge in [0.15, 0.2) is 0 Å². The quantitative estimate of drug-likeness (QED) is 0.876. The van der Waals surface area contributed by atoms with Crippen molar-refractivity contribution in [3.8, 4) is 0 Å². The molecule has 1 aromatic heterocycles. The van der Waals surface area contributed by atoms with Crippen LogP contribution in [0, 0.1) is 0 Å². The number of likely N-dealkylation sites (tertiary alicyclic amines) is 1. The Morgan fingerprint density at radius 1 is 1.39 bits per heavy atom. The number of nitrogens with zero attached hydrogens (tertiary/aromatic N) is 2. The Hall–Kier alpha value is -1.88. The van der Waals surface area contributed by atoms with Gasteiger partial charge in [-0.25, -0.2) is 4.98 Å². The molecule has 1 unspecified atom stereocenters. The molecule has 1 fully saturated rings. The number of nitrogen functional groups attached to an aromatic ring is 1. The maximum atomic E-state index is 12.6. The molecule has 2 aromatic rings. The minimum Gasteiger partial charge on any atom is -0.399 e. The molecule has 2 heterocycles. The zero-order valence-corrected chi connectivity index (χ0v) is 14.3. The number of carbonyl (C=O) groups excluding carboxylic acids is 1. The zero-order valence-electron chi connectivity index (χ0n) is 13.5. The van der Waals surface area contributed by atoms with Crippen LogP contribution in [0.3, 0.4) is 0 Å². The second kappa shape index (κ2) is 7.13. The molecule has 0 radical (unpaired) electrons.